The van der Waals surface area contributed by atoms with Crippen LogP contribution in [0.3, 0.4) is 0 Å². The van der Waals surface area contributed by atoms with Gasteiger partial charge in [-0.05, 0) is 45.7 Å². The quantitative estimate of drug-likeness (QED) is 0.831. The van der Waals surface area contributed by atoms with Crippen molar-refractivity contribution in [3.8, 4) is 0 Å². The van der Waals surface area contributed by atoms with E-state index in [1.54, 1.807) is 0 Å². The number of nitrogens with zero attached hydrogens (tertiary/aromatic N) is 2. The summed E-state index contributed by atoms with van der Waals surface area (Å²) in [6.45, 7) is 4.78. The molecule has 0 aromatic carbocycles. The van der Waals surface area contributed by atoms with Crippen molar-refractivity contribution in [1.29, 1.82) is 0 Å². The summed E-state index contributed by atoms with van der Waals surface area (Å²) < 4.78 is 0. The zero-order valence-corrected chi connectivity index (χ0v) is 12.4. The van der Waals surface area contributed by atoms with Crippen molar-refractivity contribution in [2.45, 2.75) is 63.6 Å². The van der Waals surface area contributed by atoms with Gasteiger partial charge in [0.05, 0.1) is 0 Å². The SMILES string of the molecule is CCCC1CCC(N)C(N2CCC(N(C)C)C2)C1. The van der Waals surface area contributed by atoms with Crippen molar-refractivity contribution in [3.05, 3.63) is 0 Å². The predicted molar refractivity (Wildman–Crippen MR) is 77.7 cm³/mol. The van der Waals surface area contributed by atoms with E-state index >= 15 is 0 Å². The van der Waals surface area contributed by atoms with Crippen LogP contribution in [0.2, 0.25) is 0 Å². The maximum atomic E-state index is 6.38. The molecule has 1 aliphatic carbocycles. The maximum Gasteiger partial charge on any atom is 0.0250 e. The second-order valence-corrected chi connectivity index (χ2v) is 6.60. The topological polar surface area (TPSA) is 32.5 Å². The Kier molecular flexibility index (Phi) is 5.05. The molecule has 18 heavy (non-hydrogen) atoms. The minimum atomic E-state index is 0.416. The average Bonchev–Trinajstić information content (AvgIpc) is 2.81. The van der Waals surface area contributed by atoms with Crippen molar-refractivity contribution >= 4 is 0 Å². The third kappa shape index (κ3) is 3.25. The smallest absolute Gasteiger partial charge is 0.0250 e. The van der Waals surface area contributed by atoms with Gasteiger partial charge in [0.1, 0.15) is 0 Å². The fourth-order valence-electron chi connectivity index (χ4n) is 3.84. The molecule has 3 heteroatoms. The standard InChI is InChI=1S/C15H31N3/c1-4-5-12-6-7-14(16)15(10-12)18-9-8-13(11-18)17(2)3/h12-15H,4-11,16H2,1-3H3. The first kappa shape index (κ1) is 14.3. The predicted octanol–water partition coefficient (Wildman–Crippen LogP) is 1.92. The number of rotatable bonds is 4. The number of hydrogen-bond acceptors (Lipinski definition) is 3. The molecule has 3 nitrogen and oxygen atoms in total. The summed E-state index contributed by atoms with van der Waals surface area (Å²) in [5.74, 6) is 0.929. The molecular weight excluding hydrogens is 222 g/mol. The lowest BCUT2D eigenvalue weighted by Crippen LogP contribution is -2.51. The third-order valence-corrected chi connectivity index (χ3v) is 5.07. The number of hydrogen-bond donors (Lipinski definition) is 1. The Balaban J connectivity index is 1.90. The Morgan fingerprint density at radius 1 is 1.22 bits per heavy atom. The Morgan fingerprint density at radius 3 is 2.61 bits per heavy atom. The highest BCUT2D eigenvalue weighted by atomic mass is 15.3. The second kappa shape index (κ2) is 6.36. The highest BCUT2D eigenvalue weighted by Gasteiger charge is 2.36. The summed E-state index contributed by atoms with van der Waals surface area (Å²) in [4.78, 5) is 5.05. The molecule has 1 heterocycles. The first-order chi connectivity index (χ1) is 8.61. The van der Waals surface area contributed by atoms with Crippen LogP contribution in [-0.4, -0.2) is 55.1 Å². The zero-order valence-electron chi connectivity index (χ0n) is 12.4. The Hall–Kier alpha value is -0.120. The summed E-state index contributed by atoms with van der Waals surface area (Å²) in [6.07, 6.45) is 7.97. The molecule has 2 fully saturated rings. The van der Waals surface area contributed by atoms with E-state index in [1.165, 1.54) is 51.6 Å². The molecule has 0 aromatic heterocycles. The largest absolute Gasteiger partial charge is 0.326 e. The summed E-state index contributed by atoms with van der Waals surface area (Å²) in [7, 11) is 4.41. The molecule has 0 amide bonds. The Morgan fingerprint density at radius 2 is 2.00 bits per heavy atom. The van der Waals surface area contributed by atoms with Crippen molar-refractivity contribution in [2.24, 2.45) is 11.7 Å². The van der Waals surface area contributed by atoms with Crippen molar-refractivity contribution in [1.82, 2.24) is 9.80 Å². The van der Waals surface area contributed by atoms with Crippen LogP contribution in [0.4, 0.5) is 0 Å². The summed E-state index contributed by atoms with van der Waals surface area (Å²) in [5.41, 5.74) is 6.38. The summed E-state index contributed by atoms with van der Waals surface area (Å²) in [6, 6.07) is 1.81. The number of likely N-dealkylation sites (N-methyl/N-ethyl adjacent to an activating group) is 1. The van der Waals surface area contributed by atoms with Gasteiger partial charge in [0.15, 0.2) is 0 Å². The van der Waals surface area contributed by atoms with Gasteiger partial charge in [0.2, 0.25) is 0 Å². The van der Waals surface area contributed by atoms with E-state index in [0.29, 0.717) is 12.1 Å². The molecule has 2 N–H and O–H groups in total. The van der Waals surface area contributed by atoms with Gasteiger partial charge in [-0.25, -0.2) is 0 Å². The van der Waals surface area contributed by atoms with Crippen LogP contribution < -0.4 is 5.73 Å². The molecule has 106 valence electrons. The highest BCUT2D eigenvalue weighted by molar-refractivity contribution is 4.93. The van der Waals surface area contributed by atoms with Crippen molar-refractivity contribution in [2.75, 3.05) is 27.2 Å². The fraction of sp³-hybridized carbons (Fsp3) is 1.00. The molecule has 4 unspecified atom stereocenters. The molecule has 1 aliphatic heterocycles. The molecule has 0 bridgehead atoms. The monoisotopic (exact) mass is 253 g/mol. The van der Waals surface area contributed by atoms with E-state index in [4.69, 9.17) is 5.73 Å². The fourth-order valence-corrected chi connectivity index (χ4v) is 3.84. The molecular formula is C15H31N3. The first-order valence-corrected chi connectivity index (χ1v) is 7.77. The van der Waals surface area contributed by atoms with Crippen LogP contribution in [0.5, 0.6) is 0 Å². The van der Waals surface area contributed by atoms with Crippen LogP contribution >= 0.6 is 0 Å². The molecule has 1 saturated heterocycles. The van der Waals surface area contributed by atoms with Gasteiger partial charge in [-0.2, -0.15) is 0 Å². The van der Waals surface area contributed by atoms with E-state index in [2.05, 4.69) is 30.8 Å². The molecule has 2 aliphatic rings. The average molecular weight is 253 g/mol. The van der Waals surface area contributed by atoms with Crippen LogP contribution in [0, 0.1) is 5.92 Å². The number of likely N-dealkylation sites (tertiary alicyclic amines) is 1. The van der Waals surface area contributed by atoms with Gasteiger partial charge in [-0.3, -0.25) is 4.90 Å². The minimum absolute atomic E-state index is 0.416. The van der Waals surface area contributed by atoms with Gasteiger partial charge in [0.25, 0.3) is 0 Å². The van der Waals surface area contributed by atoms with Crippen LogP contribution in [0.25, 0.3) is 0 Å². The molecule has 0 radical (unpaired) electrons. The lowest BCUT2D eigenvalue weighted by molar-refractivity contribution is 0.124. The lowest BCUT2D eigenvalue weighted by atomic mass is 9.80. The van der Waals surface area contributed by atoms with Gasteiger partial charge < -0.3 is 10.6 Å². The van der Waals surface area contributed by atoms with E-state index in [1.807, 2.05) is 0 Å². The Bertz CT molecular complexity index is 254. The van der Waals surface area contributed by atoms with Gasteiger partial charge in [-0.15, -0.1) is 0 Å². The lowest BCUT2D eigenvalue weighted by Gasteiger charge is -2.40. The first-order valence-electron chi connectivity index (χ1n) is 7.77. The van der Waals surface area contributed by atoms with Gasteiger partial charge in [-0.1, -0.05) is 19.8 Å². The van der Waals surface area contributed by atoms with E-state index in [9.17, 15) is 0 Å². The second-order valence-electron chi connectivity index (χ2n) is 6.60. The Labute approximate surface area is 113 Å². The van der Waals surface area contributed by atoms with Gasteiger partial charge >= 0.3 is 0 Å². The van der Waals surface area contributed by atoms with Crippen LogP contribution in [-0.2, 0) is 0 Å². The molecule has 2 rings (SSSR count). The zero-order chi connectivity index (χ0) is 13.1. The third-order valence-electron chi connectivity index (χ3n) is 5.07. The van der Waals surface area contributed by atoms with Crippen molar-refractivity contribution < 1.29 is 0 Å². The molecule has 0 spiro atoms. The molecule has 4 atom stereocenters. The van der Waals surface area contributed by atoms with Crippen LogP contribution in [0.1, 0.15) is 45.4 Å². The maximum absolute atomic E-state index is 6.38. The highest BCUT2D eigenvalue weighted by Crippen LogP contribution is 2.32. The van der Waals surface area contributed by atoms with Crippen LogP contribution in [0.15, 0.2) is 0 Å². The van der Waals surface area contributed by atoms with Crippen molar-refractivity contribution in [3.63, 3.8) is 0 Å². The summed E-state index contributed by atoms with van der Waals surface area (Å²) >= 11 is 0. The number of nitrogens with two attached hydrogens (primary N) is 1. The van der Waals surface area contributed by atoms with E-state index in [0.717, 1.165) is 12.0 Å². The minimum Gasteiger partial charge on any atom is -0.326 e. The normalized spacial score (nSPS) is 38.5. The van der Waals surface area contributed by atoms with E-state index in [-0.39, 0.29) is 0 Å². The van der Waals surface area contributed by atoms with E-state index < -0.39 is 0 Å². The molecule has 1 saturated carbocycles. The molecule has 0 aromatic rings. The summed E-state index contributed by atoms with van der Waals surface area (Å²) in [5, 5.41) is 0. The van der Waals surface area contributed by atoms with Gasteiger partial charge in [0, 0.05) is 31.2 Å².